The van der Waals surface area contributed by atoms with Gasteiger partial charge in [0.25, 0.3) is 5.91 Å². The van der Waals surface area contributed by atoms with E-state index in [0.717, 1.165) is 42.0 Å². The molecule has 0 bridgehead atoms. The van der Waals surface area contributed by atoms with Crippen molar-refractivity contribution in [2.24, 2.45) is 16.4 Å². The first-order valence-corrected chi connectivity index (χ1v) is 11.7. The summed E-state index contributed by atoms with van der Waals surface area (Å²) in [6.07, 6.45) is 4.89. The molecule has 0 heterocycles. The lowest BCUT2D eigenvalue weighted by Gasteiger charge is -2.34. The van der Waals surface area contributed by atoms with Gasteiger partial charge < -0.3 is 0 Å². The summed E-state index contributed by atoms with van der Waals surface area (Å²) in [4.78, 5) is 12.4. The van der Waals surface area contributed by atoms with Crippen LogP contribution in [0.5, 0.6) is 0 Å². The highest BCUT2D eigenvalue weighted by Gasteiger charge is 2.28. The van der Waals surface area contributed by atoms with Gasteiger partial charge in [-0.25, -0.2) is 13.8 Å². The number of sulfonamides is 1. The van der Waals surface area contributed by atoms with E-state index in [0.29, 0.717) is 22.2 Å². The van der Waals surface area contributed by atoms with Crippen molar-refractivity contribution in [3.05, 3.63) is 28.8 Å². The first kappa shape index (κ1) is 22.7. The summed E-state index contributed by atoms with van der Waals surface area (Å²) in [5, 5.41) is 4.75. The van der Waals surface area contributed by atoms with E-state index in [-0.39, 0.29) is 12.0 Å². The maximum absolute atomic E-state index is 12.4. The molecular weight excluding hydrogens is 398 g/mol. The van der Waals surface area contributed by atoms with E-state index in [1.165, 1.54) is 0 Å². The first-order chi connectivity index (χ1) is 12.9. The van der Waals surface area contributed by atoms with Crippen LogP contribution < -0.4 is 9.73 Å². The van der Waals surface area contributed by atoms with Crippen molar-refractivity contribution in [2.75, 3.05) is 17.1 Å². The fourth-order valence-corrected chi connectivity index (χ4v) is 4.66. The van der Waals surface area contributed by atoms with E-state index in [4.69, 9.17) is 11.6 Å². The van der Waals surface area contributed by atoms with Gasteiger partial charge >= 0.3 is 0 Å². The molecule has 2 rings (SSSR count). The minimum Gasteiger partial charge on any atom is -0.271 e. The zero-order valence-electron chi connectivity index (χ0n) is 17.3. The van der Waals surface area contributed by atoms with Gasteiger partial charge in [-0.15, -0.1) is 0 Å². The van der Waals surface area contributed by atoms with Crippen LogP contribution in [-0.2, 0) is 14.8 Å². The lowest BCUT2D eigenvalue weighted by molar-refractivity contribution is -0.119. The second kappa shape index (κ2) is 8.82. The fourth-order valence-electron chi connectivity index (χ4n) is 3.52. The smallest absolute Gasteiger partial charge is 0.260 e. The molecule has 1 aliphatic carbocycles. The number of aryl methyl sites for hydroxylation is 1. The van der Waals surface area contributed by atoms with Gasteiger partial charge in [0.05, 0.1) is 11.9 Å². The van der Waals surface area contributed by atoms with E-state index in [1.807, 2.05) is 0 Å². The van der Waals surface area contributed by atoms with Crippen LogP contribution in [0.15, 0.2) is 23.3 Å². The fraction of sp³-hybridized carbons (Fsp3) is 0.600. The standard InChI is InChI=1S/C20H30ClN3O3S/c1-14-12-16(21)8-11-18(14)24(28(5,26)27)13-19(25)23-22-17-9-6-15(7-10-17)20(2,3)4/h8,11-12,15H,6-7,9-10,13H2,1-5H3,(H,23,25). The van der Waals surface area contributed by atoms with Gasteiger partial charge in [-0.05, 0) is 67.7 Å². The molecule has 0 radical (unpaired) electrons. The summed E-state index contributed by atoms with van der Waals surface area (Å²) in [7, 11) is -3.63. The average molecular weight is 428 g/mol. The molecule has 0 spiro atoms. The number of amides is 1. The number of hydrazone groups is 1. The van der Waals surface area contributed by atoms with Crippen molar-refractivity contribution in [1.82, 2.24) is 5.43 Å². The minimum absolute atomic E-state index is 0.279. The maximum atomic E-state index is 12.4. The Morgan fingerprint density at radius 1 is 1.29 bits per heavy atom. The van der Waals surface area contributed by atoms with E-state index in [1.54, 1.807) is 25.1 Å². The van der Waals surface area contributed by atoms with Gasteiger partial charge in [0.15, 0.2) is 0 Å². The normalized spacial score (nSPS) is 17.9. The molecule has 1 N–H and O–H groups in total. The maximum Gasteiger partial charge on any atom is 0.260 e. The third kappa shape index (κ3) is 6.21. The number of hydrogen-bond acceptors (Lipinski definition) is 4. The van der Waals surface area contributed by atoms with Gasteiger partial charge in [-0.1, -0.05) is 32.4 Å². The number of carbonyl (C=O) groups excluding carboxylic acids is 1. The Balaban J connectivity index is 2.03. The molecule has 1 aliphatic rings. The molecule has 156 valence electrons. The monoisotopic (exact) mass is 427 g/mol. The molecule has 0 unspecified atom stereocenters. The second-order valence-corrected chi connectivity index (χ2v) is 10.9. The van der Waals surface area contributed by atoms with E-state index >= 15 is 0 Å². The van der Waals surface area contributed by atoms with E-state index < -0.39 is 15.9 Å². The molecule has 6 nitrogen and oxygen atoms in total. The first-order valence-electron chi connectivity index (χ1n) is 9.46. The van der Waals surface area contributed by atoms with Gasteiger partial charge in [-0.3, -0.25) is 9.10 Å². The van der Waals surface area contributed by atoms with Crippen LogP contribution in [0, 0.1) is 18.3 Å². The molecule has 0 aliphatic heterocycles. The molecule has 1 fully saturated rings. The quantitative estimate of drug-likeness (QED) is 0.717. The third-order valence-corrected chi connectivity index (χ3v) is 6.60. The molecule has 1 aromatic rings. The summed E-state index contributed by atoms with van der Waals surface area (Å²) >= 11 is 5.95. The summed E-state index contributed by atoms with van der Waals surface area (Å²) in [6.45, 7) is 8.17. The molecule has 1 amide bonds. The van der Waals surface area contributed by atoms with Gasteiger partial charge in [0.1, 0.15) is 6.54 Å². The minimum atomic E-state index is -3.63. The van der Waals surface area contributed by atoms with E-state index in [9.17, 15) is 13.2 Å². The number of carbonyl (C=O) groups is 1. The SMILES string of the molecule is Cc1cc(Cl)ccc1N(CC(=O)NN=C1CCC(C(C)(C)C)CC1)S(C)(=O)=O. The van der Waals surface area contributed by atoms with Crippen LogP contribution in [0.25, 0.3) is 0 Å². The number of halogens is 1. The topological polar surface area (TPSA) is 78.8 Å². The average Bonchev–Trinajstić information content (AvgIpc) is 2.57. The lowest BCUT2D eigenvalue weighted by atomic mass is 9.72. The summed E-state index contributed by atoms with van der Waals surface area (Å²) < 4.78 is 25.5. The molecule has 0 atom stereocenters. The van der Waals surface area contributed by atoms with Crippen molar-refractivity contribution in [3.63, 3.8) is 0 Å². The summed E-state index contributed by atoms with van der Waals surface area (Å²) in [5.74, 6) is 0.181. The van der Waals surface area contributed by atoms with Crippen LogP contribution in [0.4, 0.5) is 5.69 Å². The van der Waals surface area contributed by atoms with Crippen LogP contribution in [-0.4, -0.2) is 32.8 Å². The van der Waals surface area contributed by atoms with Crippen molar-refractivity contribution in [1.29, 1.82) is 0 Å². The van der Waals surface area contributed by atoms with Crippen molar-refractivity contribution in [3.8, 4) is 0 Å². The molecule has 0 saturated heterocycles. The highest BCUT2D eigenvalue weighted by molar-refractivity contribution is 7.92. The Labute approximate surface area is 173 Å². The predicted molar refractivity (Wildman–Crippen MR) is 115 cm³/mol. The van der Waals surface area contributed by atoms with Crippen LogP contribution in [0.3, 0.4) is 0 Å². The Kier molecular flexibility index (Phi) is 7.15. The van der Waals surface area contributed by atoms with Crippen LogP contribution in [0.2, 0.25) is 5.02 Å². The number of hydrogen-bond donors (Lipinski definition) is 1. The molecule has 8 heteroatoms. The van der Waals surface area contributed by atoms with Crippen molar-refractivity contribution < 1.29 is 13.2 Å². The Morgan fingerprint density at radius 2 is 1.89 bits per heavy atom. The molecule has 28 heavy (non-hydrogen) atoms. The summed E-state index contributed by atoms with van der Waals surface area (Å²) in [6, 6.07) is 4.88. The number of nitrogens with one attached hydrogen (secondary N) is 1. The highest BCUT2D eigenvalue weighted by Crippen LogP contribution is 2.36. The molecule has 1 saturated carbocycles. The molecule has 1 aromatic carbocycles. The number of nitrogens with zero attached hydrogens (tertiary/aromatic N) is 2. The van der Waals surface area contributed by atoms with Crippen molar-refractivity contribution >= 4 is 38.9 Å². The predicted octanol–water partition coefficient (Wildman–Crippen LogP) is 4.12. The Hall–Kier alpha value is -1.60. The Morgan fingerprint density at radius 3 is 2.39 bits per heavy atom. The zero-order valence-corrected chi connectivity index (χ0v) is 18.8. The largest absolute Gasteiger partial charge is 0.271 e. The molecule has 0 aromatic heterocycles. The van der Waals surface area contributed by atoms with Crippen molar-refractivity contribution in [2.45, 2.75) is 53.4 Å². The highest BCUT2D eigenvalue weighted by atomic mass is 35.5. The second-order valence-electron chi connectivity index (χ2n) is 8.55. The zero-order chi connectivity index (χ0) is 21.1. The van der Waals surface area contributed by atoms with Crippen LogP contribution >= 0.6 is 11.6 Å². The Bertz CT molecular complexity index is 850. The third-order valence-electron chi connectivity index (χ3n) is 5.24. The van der Waals surface area contributed by atoms with Gasteiger partial charge in [0.2, 0.25) is 10.0 Å². The van der Waals surface area contributed by atoms with Gasteiger partial charge in [0, 0.05) is 10.7 Å². The van der Waals surface area contributed by atoms with E-state index in [2.05, 4.69) is 31.3 Å². The summed E-state index contributed by atoms with van der Waals surface area (Å²) in [5.41, 5.74) is 4.87. The number of rotatable bonds is 5. The molecular formula is C20H30ClN3O3S. The van der Waals surface area contributed by atoms with Crippen LogP contribution in [0.1, 0.15) is 52.0 Å². The number of benzene rings is 1. The number of anilines is 1. The van der Waals surface area contributed by atoms with Gasteiger partial charge in [-0.2, -0.15) is 5.10 Å². The lowest BCUT2D eigenvalue weighted by Crippen LogP contribution is -2.39.